The number of nitrogens with one attached hydrogen (secondary N) is 1. The molecule has 2 atom stereocenters. The summed E-state index contributed by atoms with van der Waals surface area (Å²) in [5.41, 5.74) is 1.44. The maximum Gasteiger partial charge on any atom is 0.0248 e. The van der Waals surface area contributed by atoms with Crippen LogP contribution in [0.2, 0.25) is 0 Å². The Morgan fingerprint density at radius 1 is 1.16 bits per heavy atom. The molecule has 1 aromatic rings. The van der Waals surface area contributed by atoms with Gasteiger partial charge in [-0.1, -0.05) is 45.7 Å². The third-order valence-corrected chi connectivity index (χ3v) is 5.41. The summed E-state index contributed by atoms with van der Waals surface area (Å²) < 4.78 is 0. The SMILES string of the molecule is CCNC1CCCCC1Sc1ccc(C(C)C)cc1. The van der Waals surface area contributed by atoms with Crippen LogP contribution >= 0.6 is 11.8 Å². The van der Waals surface area contributed by atoms with E-state index in [2.05, 4.69) is 62.1 Å². The van der Waals surface area contributed by atoms with E-state index in [9.17, 15) is 0 Å². The number of rotatable bonds is 5. The van der Waals surface area contributed by atoms with Gasteiger partial charge in [0.05, 0.1) is 0 Å². The van der Waals surface area contributed by atoms with E-state index in [4.69, 9.17) is 0 Å². The van der Waals surface area contributed by atoms with Crippen molar-refractivity contribution in [2.45, 2.75) is 68.6 Å². The minimum absolute atomic E-state index is 0.628. The second-order valence-corrected chi connectivity index (χ2v) is 7.14. The summed E-state index contributed by atoms with van der Waals surface area (Å²) in [7, 11) is 0. The normalized spacial score (nSPS) is 23.8. The van der Waals surface area contributed by atoms with Gasteiger partial charge in [-0.25, -0.2) is 0 Å². The van der Waals surface area contributed by atoms with E-state index >= 15 is 0 Å². The summed E-state index contributed by atoms with van der Waals surface area (Å²) in [6.45, 7) is 7.82. The van der Waals surface area contributed by atoms with E-state index in [1.807, 2.05) is 0 Å². The molecule has 19 heavy (non-hydrogen) atoms. The third kappa shape index (κ3) is 4.25. The van der Waals surface area contributed by atoms with Crippen molar-refractivity contribution in [2.75, 3.05) is 6.54 Å². The van der Waals surface area contributed by atoms with Crippen molar-refractivity contribution < 1.29 is 0 Å². The molecule has 0 aliphatic heterocycles. The predicted octanol–water partition coefficient (Wildman–Crippen LogP) is 4.82. The lowest BCUT2D eigenvalue weighted by atomic mass is 9.95. The van der Waals surface area contributed by atoms with Gasteiger partial charge in [0, 0.05) is 16.2 Å². The highest BCUT2D eigenvalue weighted by molar-refractivity contribution is 8.00. The fraction of sp³-hybridized carbons (Fsp3) is 0.647. The molecule has 0 aromatic heterocycles. The van der Waals surface area contributed by atoms with E-state index in [0.29, 0.717) is 12.0 Å². The van der Waals surface area contributed by atoms with Crippen LogP contribution in [-0.2, 0) is 0 Å². The predicted molar refractivity (Wildman–Crippen MR) is 86.1 cm³/mol. The molecule has 2 rings (SSSR count). The maximum atomic E-state index is 3.66. The smallest absolute Gasteiger partial charge is 0.0248 e. The van der Waals surface area contributed by atoms with Gasteiger partial charge in [0.15, 0.2) is 0 Å². The maximum absolute atomic E-state index is 3.66. The van der Waals surface area contributed by atoms with E-state index < -0.39 is 0 Å². The molecule has 1 aliphatic rings. The van der Waals surface area contributed by atoms with E-state index in [1.165, 1.54) is 36.1 Å². The minimum atomic E-state index is 0.628. The van der Waals surface area contributed by atoms with Gasteiger partial charge in [-0.15, -0.1) is 11.8 Å². The Labute approximate surface area is 122 Å². The molecular weight excluding hydrogens is 250 g/mol. The lowest BCUT2D eigenvalue weighted by Crippen LogP contribution is -2.40. The summed E-state index contributed by atoms with van der Waals surface area (Å²) in [5, 5.41) is 4.41. The molecule has 0 radical (unpaired) electrons. The molecular formula is C17H27NS. The zero-order valence-corrected chi connectivity index (χ0v) is 13.3. The Morgan fingerprint density at radius 3 is 2.47 bits per heavy atom. The largest absolute Gasteiger partial charge is 0.313 e. The Hall–Kier alpha value is -0.470. The van der Waals surface area contributed by atoms with Crippen LogP contribution in [0.25, 0.3) is 0 Å². The first-order valence-corrected chi connectivity index (χ1v) is 8.58. The molecule has 1 fully saturated rings. The minimum Gasteiger partial charge on any atom is -0.313 e. The highest BCUT2D eigenvalue weighted by Crippen LogP contribution is 2.34. The van der Waals surface area contributed by atoms with Gasteiger partial charge < -0.3 is 5.32 Å². The summed E-state index contributed by atoms with van der Waals surface area (Å²) >= 11 is 2.07. The van der Waals surface area contributed by atoms with Crippen LogP contribution in [0, 0.1) is 0 Å². The molecule has 0 spiro atoms. The summed E-state index contributed by atoms with van der Waals surface area (Å²) in [6.07, 6.45) is 5.48. The summed E-state index contributed by atoms with van der Waals surface area (Å²) in [5.74, 6) is 0.628. The van der Waals surface area contributed by atoms with Crippen molar-refractivity contribution in [3.8, 4) is 0 Å². The first kappa shape index (κ1) is 14.9. The van der Waals surface area contributed by atoms with Gasteiger partial charge in [0.25, 0.3) is 0 Å². The topological polar surface area (TPSA) is 12.0 Å². The molecule has 1 saturated carbocycles. The molecule has 1 N–H and O–H groups in total. The fourth-order valence-electron chi connectivity index (χ4n) is 2.84. The van der Waals surface area contributed by atoms with Crippen LogP contribution in [0.15, 0.2) is 29.2 Å². The average Bonchev–Trinajstić information content (AvgIpc) is 2.42. The fourth-order valence-corrected chi connectivity index (χ4v) is 4.16. The molecule has 106 valence electrons. The highest BCUT2D eigenvalue weighted by Gasteiger charge is 2.24. The summed E-state index contributed by atoms with van der Waals surface area (Å²) in [4.78, 5) is 1.43. The van der Waals surface area contributed by atoms with Crippen molar-refractivity contribution in [3.05, 3.63) is 29.8 Å². The molecule has 1 aliphatic carbocycles. The van der Waals surface area contributed by atoms with E-state index in [1.54, 1.807) is 0 Å². The van der Waals surface area contributed by atoms with Gasteiger partial charge in [-0.05, 0) is 43.0 Å². The van der Waals surface area contributed by atoms with Crippen molar-refractivity contribution in [2.24, 2.45) is 0 Å². The zero-order valence-electron chi connectivity index (χ0n) is 12.5. The Bertz CT molecular complexity index is 369. The molecule has 2 heteroatoms. The Morgan fingerprint density at radius 2 is 1.84 bits per heavy atom. The van der Waals surface area contributed by atoms with Gasteiger partial charge in [0.1, 0.15) is 0 Å². The van der Waals surface area contributed by atoms with Crippen LogP contribution in [-0.4, -0.2) is 17.8 Å². The van der Waals surface area contributed by atoms with Crippen molar-refractivity contribution in [3.63, 3.8) is 0 Å². The second-order valence-electron chi connectivity index (χ2n) is 5.83. The highest BCUT2D eigenvalue weighted by atomic mass is 32.2. The quantitative estimate of drug-likeness (QED) is 0.828. The van der Waals surface area contributed by atoms with E-state index in [0.717, 1.165) is 11.8 Å². The number of benzene rings is 1. The first-order chi connectivity index (χ1) is 9.20. The number of hydrogen-bond acceptors (Lipinski definition) is 2. The second kappa shape index (κ2) is 7.35. The standard InChI is InChI=1S/C17H27NS/c1-4-18-16-7-5-6-8-17(16)19-15-11-9-14(10-12-15)13(2)3/h9-13,16-18H,4-8H2,1-3H3. The molecule has 0 amide bonds. The van der Waals surface area contributed by atoms with Crippen LogP contribution < -0.4 is 5.32 Å². The number of thioether (sulfide) groups is 1. The lowest BCUT2D eigenvalue weighted by Gasteiger charge is -2.31. The molecule has 0 bridgehead atoms. The van der Waals surface area contributed by atoms with Gasteiger partial charge >= 0.3 is 0 Å². The van der Waals surface area contributed by atoms with Gasteiger partial charge in [0.2, 0.25) is 0 Å². The number of hydrogen-bond donors (Lipinski definition) is 1. The van der Waals surface area contributed by atoms with Crippen LogP contribution in [0.1, 0.15) is 57.9 Å². The molecule has 1 nitrogen and oxygen atoms in total. The van der Waals surface area contributed by atoms with Gasteiger partial charge in [-0.3, -0.25) is 0 Å². The lowest BCUT2D eigenvalue weighted by molar-refractivity contribution is 0.391. The first-order valence-electron chi connectivity index (χ1n) is 7.70. The van der Waals surface area contributed by atoms with Crippen molar-refractivity contribution >= 4 is 11.8 Å². The van der Waals surface area contributed by atoms with Gasteiger partial charge in [-0.2, -0.15) is 0 Å². The zero-order chi connectivity index (χ0) is 13.7. The molecule has 1 aromatic carbocycles. The summed E-state index contributed by atoms with van der Waals surface area (Å²) in [6, 6.07) is 9.89. The third-order valence-electron chi connectivity index (χ3n) is 4.00. The van der Waals surface area contributed by atoms with Crippen LogP contribution in [0.5, 0.6) is 0 Å². The Balaban J connectivity index is 1.98. The van der Waals surface area contributed by atoms with Crippen molar-refractivity contribution in [1.82, 2.24) is 5.32 Å². The molecule has 0 saturated heterocycles. The Kier molecular flexibility index (Phi) is 5.77. The van der Waals surface area contributed by atoms with Crippen LogP contribution in [0.4, 0.5) is 0 Å². The van der Waals surface area contributed by atoms with Crippen molar-refractivity contribution in [1.29, 1.82) is 0 Å². The van der Waals surface area contributed by atoms with Crippen LogP contribution in [0.3, 0.4) is 0 Å². The monoisotopic (exact) mass is 277 g/mol. The molecule has 0 heterocycles. The molecule has 2 unspecified atom stereocenters. The average molecular weight is 277 g/mol. The van der Waals surface area contributed by atoms with E-state index in [-0.39, 0.29) is 0 Å².